The quantitative estimate of drug-likeness (QED) is 0.0146. The standard InChI is InChI=1S/C69H80N14O23/c70-26-12-11-20-43(62(71)99)77-64(101)44(27-38-13-3-1-4-14-38)78-65(102)45(28-39-15-5-2-6-16-39)79-68(105)49(32-60(95)96)82-69(106)50(33-61(97)98)81-67(104)48(31-59(93)94)76-55(87)36-73-53(85)34-72-54(86)35-74-63(100)46(29-57(89)90)80-66(103)47(30-58(91)92)75-52(84)24-25-56(88)83-37-42-19-8-7-17-40(42)22-23-41-18-9-10-21-51(41)83/h1-10,13-19,21,43-50H,11-12,20,24-37,70H2,(H2,71,99)(H,72,86)(H,73,85)(H,74,100)(H,75,84)(H,76,87)(H,77,101)(H,78,102)(H,79,105)(H,80,103)(H,81,104)(H,82,106)(H,89,90)(H,91,92)(H,93,94)(H,95,96)(H,97,98). The summed E-state index contributed by atoms with van der Waals surface area (Å²) in [5.41, 5.74) is 14.5. The number of nitrogens with two attached hydrogens (primary N) is 2. The molecule has 0 bridgehead atoms. The van der Waals surface area contributed by atoms with Crippen LogP contribution in [0.25, 0.3) is 0 Å². The first-order valence-electron chi connectivity index (χ1n) is 32.8. The van der Waals surface area contributed by atoms with Gasteiger partial charge >= 0.3 is 29.8 Å². The number of amides is 13. The molecule has 0 fully saturated rings. The van der Waals surface area contributed by atoms with Crippen molar-refractivity contribution >= 4 is 112 Å². The van der Waals surface area contributed by atoms with Crippen LogP contribution in [0.1, 0.15) is 92.0 Å². The van der Waals surface area contributed by atoms with Crippen LogP contribution < -0.4 is 74.9 Å². The van der Waals surface area contributed by atoms with E-state index in [0.717, 1.165) is 0 Å². The van der Waals surface area contributed by atoms with Crippen LogP contribution in [0, 0.1) is 11.8 Å². The van der Waals surface area contributed by atoms with Crippen molar-refractivity contribution in [2.75, 3.05) is 31.1 Å². The lowest BCUT2D eigenvalue weighted by Gasteiger charge is -2.27. The van der Waals surface area contributed by atoms with Gasteiger partial charge in [0.1, 0.15) is 48.3 Å². The summed E-state index contributed by atoms with van der Waals surface area (Å²) in [6, 6.07) is 15.3. The molecule has 0 aromatic heterocycles. The summed E-state index contributed by atoms with van der Waals surface area (Å²) in [5.74, 6) is -17.5. The number of para-hydroxylation sites is 1. The summed E-state index contributed by atoms with van der Waals surface area (Å²) < 4.78 is 0. The molecule has 13 amide bonds. The molecule has 0 saturated heterocycles. The van der Waals surface area contributed by atoms with E-state index in [1.807, 2.05) is 37.2 Å². The third kappa shape index (κ3) is 29.1. The molecule has 1 heterocycles. The number of hydrogen-bond donors (Lipinski definition) is 18. The highest BCUT2D eigenvalue weighted by atomic mass is 16.4. The van der Waals surface area contributed by atoms with Gasteiger partial charge < -0.3 is 100 Å². The van der Waals surface area contributed by atoms with E-state index in [0.29, 0.717) is 46.3 Å². The number of carbonyl (C=O) groups is 18. The number of anilines is 1. The largest absolute Gasteiger partial charge is 0.481 e. The Kier molecular flexibility index (Phi) is 33.3. The molecule has 5 rings (SSSR count). The Bertz CT molecular complexity index is 4000. The van der Waals surface area contributed by atoms with Gasteiger partial charge in [-0.3, -0.25) is 86.3 Å². The summed E-state index contributed by atoms with van der Waals surface area (Å²) in [7, 11) is 0. The molecule has 37 nitrogen and oxygen atoms in total. The molecule has 8 atom stereocenters. The predicted molar refractivity (Wildman–Crippen MR) is 367 cm³/mol. The molecule has 37 heteroatoms. The molecular formula is C69H80N14O23. The number of unbranched alkanes of at least 4 members (excludes halogenated alkanes) is 1. The Balaban J connectivity index is 1.16. The fourth-order valence-electron chi connectivity index (χ4n) is 10.3. The molecule has 8 unspecified atom stereocenters. The Morgan fingerprint density at radius 1 is 0.377 bits per heavy atom. The van der Waals surface area contributed by atoms with Gasteiger partial charge in [-0.1, -0.05) is 103 Å². The van der Waals surface area contributed by atoms with Crippen LogP contribution in [-0.2, 0) is 106 Å². The van der Waals surface area contributed by atoms with Gasteiger partial charge in [-0.15, -0.1) is 0 Å². The number of rotatable bonds is 43. The molecule has 0 spiro atoms. The van der Waals surface area contributed by atoms with Crippen molar-refractivity contribution < 1.29 is 112 Å². The fourth-order valence-corrected chi connectivity index (χ4v) is 10.3. The second-order valence-corrected chi connectivity index (χ2v) is 23.8. The second-order valence-electron chi connectivity index (χ2n) is 23.8. The van der Waals surface area contributed by atoms with Gasteiger partial charge in [0.25, 0.3) is 0 Å². The summed E-state index contributed by atoms with van der Waals surface area (Å²) in [5, 5.41) is 72.1. The predicted octanol–water partition coefficient (Wildman–Crippen LogP) is -4.59. The van der Waals surface area contributed by atoms with E-state index >= 15 is 0 Å². The van der Waals surface area contributed by atoms with E-state index in [-0.39, 0.29) is 32.4 Å². The Morgan fingerprint density at radius 3 is 1.19 bits per heavy atom. The van der Waals surface area contributed by atoms with Crippen LogP contribution in [0.4, 0.5) is 5.69 Å². The minimum absolute atomic E-state index is 0.0801. The highest BCUT2D eigenvalue weighted by Crippen LogP contribution is 2.26. The van der Waals surface area contributed by atoms with Crippen LogP contribution in [0.3, 0.4) is 0 Å². The maximum absolute atomic E-state index is 14.3. The van der Waals surface area contributed by atoms with Crippen LogP contribution >= 0.6 is 0 Å². The molecule has 20 N–H and O–H groups in total. The molecule has 4 aromatic rings. The summed E-state index contributed by atoms with van der Waals surface area (Å²) in [6.45, 7) is -2.66. The number of nitrogens with one attached hydrogen (secondary N) is 11. The molecule has 106 heavy (non-hydrogen) atoms. The average Bonchev–Trinajstić information content (AvgIpc) is 0.804. The first-order chi connectivity index (χ1) is 50.4. The maximum atomic E-state index is 14.3. The van der Waals surface area contributed by atoms with Crippen LogP contribution in [0.5, 0.6) is 0 Å². The third-order valence-electron chi connectivity index (χ3n) is 15.6. The molecule has 0 radical (unpaired) electrons. The van der Waals surface area contributed by atoms with Crippen molar-refractivity contribution in [3.05, 3.63) is 137 Å². The van der Waals surface area contributed by atoms with Crippen LogP contribution in [0.2, 0.25) is 0 Å². The van der Waals surface area contributed by atoms with Gasteiger partial charge in [-0.25, -0.2) is 0 Å². The van der Waals surface area contributed by atoms with Crippen molar-refractivity contribution in [1.82, 2.24) is 58.5 Å². The third-order valence-corrected chi connectivity index (χ3v) is 15.6. The Labute approximate surface area is 603 Å². The maximum Gasteiger partial charge on any atom is 0.305 e. The van der Waals surface area contributed by atoms with Crippen molar-refractivity contribution in [3.8, 4) is 11.8 Å². The van der Waals surface area contributed by atoms with Gasteiger partial charge in [-0.05, 0) is 60.7 Å². The minimum atomic E-state index is -2.26. The topological polar surface area (TPSA) is 596 Å². The van der Waals surface area contributed by atoms with E-state index in [1.165, 1.54) is 4.90 Å². The Morgan fingerprint density at radius 2 is 0.736 bits per heavy atom. The fraction of sp³-hybridized carbons (Fsp3) is 0.362. The zero-order valence-corrected chi connectivity index (χ0v) is 56.7. The Hall–Kier alpha value is -13.1. The number of carboxylic acid groups (broad SMARTS) is 5. The number of aliphatic carboxylic acids is 5. The van der Waals surface area contributed by atoms with Gasteiger partial charge in [0.15, 0.2) is 0 Å². The lowest BCUT2D eigenvalue weighted by Crippen LogP contribution is -2.60. The lowest BCUT2D eigenvalue weighted by molar-refractivity contribution is -0.144. The van der Waals surface area contributed by atoms with Crippen LogP contribution in [-0.4, -0.2) is 207 Å². The van der Waals surface area contributed by atoms with Crippen LogP contribution in [0.15, 0.2) is 109 Å². The van der Waals surface area contributed by atoms with Gasteiger partial charge in [0.2, 0.25) is 76.8 Å². The zero-order valence-electron chi connectivity index (χ0n) is 56.7. The number of primary amides is 1. The number of hydrogen-bond acceptors (Lipinski definition) is 19. The van der Waals surface area contributed by atoms with Crippen molar-refractivity contribution in [2.45, 2.75) is 132 Å². The highest BCUT2D eigenvalue weighted by molar-refractivity contribution is 6.02. The smallest absolute Gasteiger partial charge is 0.305 e. The van der Waals surface area contributed by atoms with E-state index < -0.39 is 220 Å². The van der Waals surface area contributed by atoms with E-state index in [4.69, 9.17) is 11.5 Å². The van der Waals surface area contributed by atoms with E-state index in [2.05, 4.69) is 33.1 Å². The highest BCUT2D eigenvalue weighted by Gasteiger charge is 2.37. The average molecular weight is 1470 g/mol. The first-order valence-corrected chi connectivity index (χ1v) is 32.8. The number of benzene rings is 4. The van der Waals surface area contributed by atoms with Crippen molar-refractivity contribution in [3.63, 3.8) is 0 Å². The molecule has 564 valence electrons. The number of carboxylic acids is 5. The van der Waals surface area contributed by atoms with Crippen molar-refractivity contribution in [1.29, 1.82) is 0 Å². The van der Waals surface area contributed by atoms with Gasteiger partial charge in [0, 0.05) is 36.8 Å². The molecule has 4 aromatic carbocycles. The monoisotopic (exact) mass is 1470 g/mol. The molecule has 1 aliphatic heterocycles. The minimum Gasteiger partial charge on any atom is -0.481 e. The number of nitrogens with zero attached hydrogens (tertiary/aromatic N) is 1. The zero-order chi connectivity index (χ0) is 78.0. The first kappa shape index (κ1) is 83.5. The normalized spacial score (nSPS) is 13.3. The van der Waals surface area contributed by atoms with E-state index in [1.54, 1.807) is 109 Å². The number of fused-ring (bicyclic) bond motifs is 2. The number of carbonyl (C=O) groups excluding carboxylic acids is 13. The van der Waals surface area contributed by atoms with E-state index in [9.17, 15) is 112 Å². The lowest BCUT2D eigenvalue weighted by atomic mass is 10.0. The SMILES string of the molecule is NCCCCC(NC(=O)C(Cc1ccccc1)NC(=O)C(Cc1ccccc1)NC(=O)C(CC(=O)O)NC(=O)C(CC(=O)O)NC(=O)C(CC(=O)O)NC(=O)CNC(=O)CNC(=O)CNC(=O)C(CC(=O)O)NC(=O)C(CC(=O)O)NC(=O)CCC(=O)N1Cc2ccccc2C#Cc2ccccc21)C(N)=O. The summed E-state index contributed by atoms with van der Waals surface area (Å²) >= 11 is 0. The molecular weight excluding hydrogens is 1390 g/mol. The van der Waals surface area contributed by atoms with Gasteiger partial charge in [0.05, 0.1) is 64.0 Å². The molecule has 1 aliphatic rings. The molecule has 0 saturated carbocycles. The summed E-state index contributed by atoms with van der Waals surface area (Å²) in [6.07, 6.45) is -6.56. The van der Waals surface area contributed by atoms with Gasteiger partial charge in [-0.2, -0.15) is 0 Å². The summed E-state index contributed by atoms with van der Waals surface area (Å²) in [4.78, 5) is 236. The second kappa shape index (κ2) is 42.3. The molecule has 0 aliphatic carbocycles. The van der Waals surface area contributed by atoms with Crippen molar-refractivity contribution in [2.24, 2.45) is 11.5 Å².